The van der Waals surface area contributed by atoms with Gasteiger partial charge in [0.15, 0.2) is 5.78 Å². The Morgan fingerprint density at radius 1 is 1.23 bits per heavy atom. The Balaban J connectivity index is 1.50. The van der Waals surface area contributed by atoms with Crippen molar-refractivity contribution in [3.8, 4) is 5.75 Å². The van der Waals surface area contributed by atoms with Crippen LogP contribution < -0.4 is 15.4 Å². The fourth-order valence-electron chi connectivity index (χ4n) is 4.59. The number of carbonyl (C=O) groups is 2. The second kappa shape index (κ2) is 9.48. The molecule has 2 aliphatic carbocycles. The first kappa shape index (κ1) is 22.8. The Morgan fingerprint density at radius 3 is 2.57 bits per heavy atom. The molecule has 2 saturated carbocycles. The summed E-state index contributed by atoms with van der Waals surface area (Å²) >= 11 is 0. The van der Waals surface area contributed by atoms with Crippen LogP contribution in [0.25, 0.3) is 0 Å². The Morgan fingerprint density at radius 2 is 1.93 bits per heavy atom. The van der Waals surface area contributed by atoms with Gasteiger partial charge in [-0.1, -0.05) is 6.42 Å². The molecule has 2 aliphatic rings. The lowest BCUT2D eigenvalue weighted by Gasteiger charge is -2.23. The Labute approximate surface area is 179 Å². The number of ketones is 1. The zero-order valence-electron chi connectivity index (χ0n) is 18.7. The van der Waals surface area contributed by atoms with Crippen molar-refractivity contribution in [2.24, 2.45) is 17.8 Å². The van der Waals surface area contributed by atoms with E-state index < -0.39 is 6.10 Å². The minimum absolute atomic E-state index is 0.0681. The first-order chi connectivity index (χ1) is 14.2. The number of Topliss-reactive ketones (excluding diaryl/α,β-unsaturated/α-hetero) is 1. The van der Waals surface area contributed by atoms with E-state index in [-0.39, 0.29) is 23.8 Å². The molecule has 2 fully saturated rings. The van der Waals surface area contributed by atoms with Gasteiger partial charge in [0, 0.05) is 24.2 Å². The molecule has 0 radical (unpaired) electrons. The van der Waals surface area contributed by atoms with Gasteiger partial charge >= 0.3 is 0 Å². The van der Waals surface area contributed by atoms with Crippen LogP contribution in [0.2, 0.25) is 0 Å². The summed E-state index contributed by atoms with van der Waals surface area (Å²) < 4.78 is 5.68. The number of benzene rings is 1. The third-order valence-electron chi connectivity index (χ3n) is 6.27. The van der Waals surface area contributed by atoms with E-state index in [1.807, 2.05) is 20.8 Å². The van der Waals surface area contributed by atoms with Gasteiger partial charge in [-0.05, 0) is 82.9 Å². The van der Waals surface area contributed by atoms with Crippen molar-refractivity contribution in [2.45, 2.75) is 65.0 Å². The number of rotatable bonds is 10. The minimum Gasteiger partial charge on any atom is -0.490 e. The normalized spacial score (nSPS) is 23.6. The molecule has 3 N–H and O–H groups in total. The van der Waals surface area contributed by atoms with E-state index >= 15 is 0 Å². The summed E-state index contributed by atoms with van der Waals surface area (Å²) in [5.41, 5.74) is 0.715. The van der Waals surface area contributed by atoms with Crippen molar-refractivity contribution in [3.63, 3.8) is 0 Å². The van der Waals surface area contributed by atoms with Crippen LogP contribution in [0.5, 0.6) is 5.75 Å². The smallest absolute Gasteiger partial charge is 0.251 e. The van der Waals surface area contributed by atoms with Crippen molar-refractivity contribution in [3.05, 3.63) is 29.3 Å². The molecule has 3 unspecified atom stereocenters. The van der Waals surface area contributed by atoms with E-state index in [2.05, 4.69) is 10.6 Å². The highest BCUT2D eigenvalue weighted by Gasteiger charge is 2.51. The summed E-state index contributed by atoms with van der Waals surface area (Å²) in [6.07, 6.45) is 4.42. The number of nitrogens with one attached hydrogen (secondary N) is 2. The van der Waals surface area contributed by atoms with E-state index in [1.165, 1.54) is 26.2 Å². The van der Waals surface area contributed by atoms with E-state index in [9.17, 15) is 14.7 Å². The summed E-state index contributed by atoms with van der Waals surface area (Å²) in [5, 5.41) is 16.3. The molecule has 3 rings (SSSR count). The number of amides is 1. The summed E-state index contributed by atoms with van der Waals surface area (Å²) in [7, 11) is 0. The van der Waals surface area contributed by atoms with Crippen LogP contribution in [-0.2, 0) is 0 Å². The topological polar surface area (TPSA) is 87.7 Å². The number of carbonyl (C=O) groups excluding carboxylic acids is 2. The number of aliphatic hydroxyl groups is 1. The van der Waals surface area contributed by atoms with Crippen molar-refractivity contribution >= 4 is 11.7 Å². The number of fused-ring (bicyclic) bond motifs is 1. The number of β-amino-alcohol motifs (C(OH)–C–C–N with tert-alkyl or cyclic N) is 1. The highest BCUT2D eigenvalue weighted by atomic mass is 16.5. The highest BCUT2D eigenvalue weighted by Crippen LogP contribution is 2.58. The van der Waals surface area contributed by atoms with Crippen LogP contribution in [0, 0.1) is 17.8 Å². The molecule has 0 bridgehead atoms. The number of ether oxygens (including phenoxy) is 1. The Bertz CT molecular complexity index is 761. The van der Waals surface area contributed by atoms with E-state index in [0.717, 1.165) is 24.2 Å². The van der Waals surface area contributed by atoms with Gasteiger partial charge in [0.05, 0.1) is 5.56 Å². The molecule has 1 amide bonds. The van der Waals surface area contributed by atoms with Crippen LogP contribution in [0.3, 0.4) is 0 Å². The predicted molar refractivity (Wildman–Crippen MR) is 117 cm³/mol. The number of hydrogen-bond acceptors (Lipinski definition) is 5. The number of aliphatic hydroxyl groups excluding tert-OH is 1. The van der Waals surface area contributed by atoms with Crippen molar-refractivity contribution in [2.75, 3.05) is 19.7 Å². The molecule has 6 heteroatoms. The maximum atomic E-state index is 12.5. The molecule has 166 valence electrons. The van der Waals surface area contributed by atoms with Gasteiger partial charge in [-0.15, -0.1) is 0 Å². The molecule has 6 nitrogen and oxygen atoms in total. The predicted octanol–water partition coefficient (Wildman–Crippen LogP) is 3.18. The molecular formula is C24H36N2O4. The molecule has 0 aliphatic heterocycles. The van der Waals surface area contributed by atoms with Crippen molar-refractivity contribution < 1.29 is 19.4 Å². The first-order valence-electron chi connectivity index (χ1n) is 11.1. The fourth-order valence-corrected chi connectivity index (χ4v) is 4.59. The lowest BCUT2D eigenvalue weighted by Crippen LogP contribution is -2.42. The fraction of sp³-hybridized carbons (Fsp3) is 0.667. The van der Waals surface area contributed by atoms with Gasteiger partial charge in [0.25, 0.3) is 5.91 Å². The summed E-state index contributed by atoms with van der Waals surface area (Å²) in [6, 6.07) is 4.89. The zero-order chi connectivity index (χ0) is 21.9. The van der Waals surface area contributed by atoms with Crippen LogP contribution in [-0.4, -0.2) is 48.1 Å². The lowest BCUT2D eigenvalue weighted by molar-refractivity contribution is 0.0944. The molecular weight excluding hydrogens is 380 g/mol. The van der Waals surface area contributed by atoms with Crippen LogP contribution in [0.15, 0.2) is 18.2 Å². The maximum Gasteiger partial charge on any atom is 0.251 e. The minimum atomic E-state index is -0.700. The van der Waals surface area contributed by atoms with Crippen molar-refractivity contribution in [1.82, 2.24) is 10.6 Å². The van der Waals surface area contributed by atoms with Crippen molar-refractivity contribution in [1.29, 1.82) is 0 Å². The van der Waals surface area contributed by atoms with Gasteiger partial charge in [0.1, 0.15) is 18.5 Å². The molecule has 30 heavy (non-hydrogen) atoms. The molecule has 3 atom stereocenters. The maximum absolute atomic E-state index is 12.5. The van der Waals surface area contributed by atoms with E-state index in [4.69, 9.17) is 4.74 Å². The highest BCUT2D eigenvalue weighted by molar-refractivity contribution is 6.01. The second-order valence-corrected chi connectivity index (χ2v) is 9.83. The first-order valence-corrected chi connectivity index (χ1v) is 11.1. The summed E-state index contributed by atoms with van der Waals surface area (Å²) in [6.45, 7) is 8.66. The summed E-state index contributed by atoms with van der Waals surface area (Å²) in [4.78, 5) is 24.6. The number of hydrogen-bond donors (Lipinski definition) is 3. The monoisotopic (exact) mass is 416 g/mol. The van der Waals surface area contributed by atoms with Crippen LogP contribution >= 0.6 is 0 Å². The van der Waals surface area contributed by atoms with E-state index in [1.54, 1.807) is 18.2 Å². The average molecular weight is 417 g/mol. The molecule has 0 aromatic heterocycles. The lowest BCUT2D eigenvalue weighted by atomic mass is 10.1. The summed E-state index contributed by atoms with van der Waals surface area (Å²) in [5.74, 6) is 2.65. The molecule has 0 heterocycles. The zero-order valence-corrected chi connectivity index (χ0v) is 18.7. The third-order valence-corrected chi connectivity index (χ3v) is 6.27. The molecule has 1 aromatic carbocycles. The Kier molecular flexibility index (Phi) is 7.19. The van der Waals surface area contributed by atoms with Crippen LogP contribution in [0.1, 0.15) is 74.1 Å². The van der Waals surface area contributed by atoms with Gasteiger partial charge in [-0.25, -0.2) is 0 Å². The molecule has 0 spiro atoms. The third kappa shape index (κ3) is 6.05. The second-order valence-electron chi connectivity index (χ2n) is 9.83. The van der Waals surface area contributed by atoms with Gasteiger partial charge in [0.2, 0.25) is 0 Å². The quantitative estimate of drug-likeness (QED) is 0.510. The Hall–Kier alpha value is -1.92. The SMILES string of the molecule is CC(=O)c1cc(C(=O)NCCC2C3CCCC32)ccc1OCC(O)CNC(C)(C)C. The average Bonchev–Trinajstić information content (AvgIpc) is 3.10. The van der Waals surface area contributed by atoms with Crippen LogP contribution in [0.4, 0.5) is 0 Å². The molecule has 0 saturated heterocycles. The van der Waals surface area contributed by atoms with Gasteiger partial charge in [-0.3, -0.25) is 9.59 Å². The van der Waals surface area contributed by atoms with Gasteiger partial charge < -0.3 is 20.5 Å². The van der Waals surface area contributed by atoms with E-state index in [0.29, 0.717) is 30.0 Å². The van der Waals surface area contributed by atoms with Gasteiger partial charge in [-0.2, -0.15) is 0 Å². The standard InChI is InChI=1S/C24H36N2O4/c1-15(27)21-12-16(23(29)25-11-10-20-18-6-5-7-19(18)20)8-9-22(21)30-14-17(28)13-26-24(2,3)4/h8-9,12,17-20,26,28H,5-7,10-11,13-14H2,1-4H3,(H,25,29). The molecule has 1 aromatic rings. The largest absolute Gasteiger partial charge is 0.490 e.